The van der Waals surface area contributed by atoms with Crippen molar-refractivity contribution >= 4 is 11.9 Å². The molecule has 168 valence electrons. The highest BCUT2D eigenvalue weighted by Crippen LogP contribution is 2.16. The number of furan rings is 1. The SMILES string of the molecule is CN=C(NCCCNC(=O)c1occc1C)NC1CCN(Cc2ccccc2C)CC1. The number of nitrogens with zero attached hydrogens (tertiary/aromatic N) is 2. The van der Waals surface area contributed by atoms with Gasteiger partial charge in [0.2, 0.25) is 0 Å². The lowest BCUT2D eigenvalue weighted by atomic mass is 10.0. The molecular weight excluding hydrogens is 390 g/mol. The molecule has 0 saturated carbocycles. The molecule has 0 aliphatic carbocycles. The standard InChI is InChI=1S/C24H35N5O2/c1-18-7-4-5-8-20(18)17-29-14-9-21(10-15-29)28-24(25-3)27-13-6-12-26-23(30)22-19(2)11-16-31-22/h4-5,7-8,11,16,21H,6,9-10,12-15,17H2,1-3H3,(H,26,30)(H2,25,27,28). The van der Waals surface area contributed by atoms with Crippen LogP contribution in [0.4, 0.5) is 0 Å². The summed E-state index contributed by atoms with van der Waals surface area (Å²) in [6.45, 7) is 8.56. The molecule has 3 N–H and O–H groups in total. The van der Waals surface area contributed by atoms with Crippen LogP contribution < -0.4 is 16.0 Å². The van der Waals surface area contributed by atoms with E-state index in [9.17, 15) is 4.79 Å². The van der Waals surface area contributed by atoms with Gasteiger partial charge in [0.25, 0.3) is 5.91 Å². The van der Waals surface area contributed by atoms with Gasteiger partial charge in [-0.25, -0.2) is 0 Å². The molecule has 2 aromatic rings. The summed E-state index contributed by atoms with van der Waals surface area (Å²) in [5.74, 6) is 1.05. The molecule has 0 spiro atoms. The number of hydrogen-bond acceptors (Lipinski definition) is 4. The van der Waals surface area contributed by atoms with Crippen molar-refractivity contribution in [3.8, 4) is 0 Å². The normalized spacial score (nSPS) is 15.6. The summed E-state index contributed by atoms with van der Waals surface area (Å²) >= 11 is 0. The number of amides is 1. The summed E-state index contributed by atoms with van der Waals surface area (Å²) in [5, 5.41) is 9.78. The van der Waals surface area contributed by atoms with E-state index in [4.69, 9.17) is 4.42 Å². The molecule has 1 aliphatic heterocycles. The summed E-state index contributed by atoms with van der Waals surface area (Å²) < 4.78 is 5.21. The van der Waals surface area contributed by atoms with Crippen molar-refractivity contribution in [3.63, 3.8) is 0 Å². The highest BCUT2D eigenvalue weighted by atomic mass is 16.3. The molecular formula is C24H35N5O2. The van der Waals surface area contributed by atoms with E-state index in [1.54, 1.807) is 13.1 Å². The van der Waals surface area contributed by atoms with E-state index in [0.717, 1.165) is 57.0 Å². The molecule has 1 aliphatic rings. The molecule has 0 unspecified atom stereocenters. The number of aryl methyl sites for hydroxylation is 2. The van der Waals surface area contributed by atoms with Gasteiger partial charge in [-0.1, -0.05) is 24.3 Å². The van der Waals surface area contributed by atoms with Crippen molar-refractivity contribution in [1.29, 1.82) is 0 Å². The van der Waals surface area contributed by atoms with Gasteiger partial charge in [-0.2, -0.15) is 0 Å². The Balaban J connectivity index is 1.31. The first-order valence-corrected chi connectivity index (χ1v) is 11.1. The van der Waals surface area contributed by atoms with Crippen LogP contribution in [0.3, 0.4) is 0 Å². The van der Waals surface area contributed by atoms with E-state index in [-0.39, 0.29) is 5.91 Å². The summed E-state index contributed by atoms with van der Waals surface area (Å²) in [6.07, 6.45) is 4.55. The van der Waals surface area contributed by atoms with Crippen LogP contribution in [-0.2, 0) is 6.54 Å². The molecule has 3 rings (SSSR count). The summed E-state index contributed by atoms with van der Waals surface area (Å²) in [7, 11) is 1.80. The van der Waals surface area contributed by atoms with Crippen molar-refractivity contribution in [1.82, 2.24) is 20.9 Å². The second kappa shape index (κ2) is 11.6. The Morgan fingerprint density at radius 1 is 1.10 bits per heavy atom. The molecule has 0 radical (unpaired) electrons. The minimum Gasteiger partial charge on any atom is -0.459 e. The van der Waals surface area contributed by atoms with E-state index < -0.39 is 0 Å². The number of hydrogen-bond donors (Lipinski definition) is 3. The Hall–Kier alpha value is -2.80. The lowest BCUT2D eigenvalue weighted by Crippen LogP contribution is -2.48. The average Bonchev–Trinajstić information content (AvgIpc) is 3.21. The highest BCUT2D eigenvalue weighted by molar-refractivity contribution is 5.92. The van der Waals surface area contributed by atoms with Crippen molar-refractivity contribution < 1.29 is 9.21 Å². The van der Waals surface area contributed by atoms with Gasteiger partial charge in [-0.15, -0.1) is 0 Å². The van der Waals surface area contributed by atoms with E-state index in [2.05, 4.69) is 57.0 Å². The Morgan fingerprint density at radius 3 is 2.52 bits per heavy atom. The van der Waals surface area contributed by atoms with Gasteiger partial charge in [0, 0.05) is 51.4 Å². The van der Waals surface area contributed by atoms with Crippen LogP contribution in [0.2, 0.25) is 0 Å². The molecule has 0 bridgehead atoms. The van der Waals surface area contributed by atoms with Crippen molar-refractivity contribution in [2.75, 3.05) is 33.2 Å². The van der Waals surface area contributed by atoms with Crippen molar-refractivity contribution in [2.45, 2.75) is 45.7 Å². The largest absolute Gasteiger partial charge is 0.459 e. The lowest BCUT2D eigenvalue weighted by molar-refractivity contribution is 0.0925. The molecule has 1 aromatic carbocycles. The fraction of sp³-hybridized carbons (Fsp3) is 0.500. The molecule has 1 aromatic heterocycles. The van der Waals surface area contributed by atoms with Crippen LogP contribution in [0.15, 0.2) is 46.0 Å². The van der Waals surface area contributed by atoms with Gasteiger partial charge < -0.3 is 20.4 Å². The van der Waals surface area contributed by atoms with Gasteiger partial charge >= 0.3 is 0 Å². The number of nitrogens with one attached hydrogen (secondary N) is 3. The third-order valence-electron chi connectivity index (χ3n) is 5.81. The number of carbonyl (C=O) groups is 1. The van der Waals surface area contributed by atoms with Crippen molar-refractivity contribution in [3.05, 3.63) is 59.0 Å². The highest BCUT2D eigenvalue weighted by Gasteiger charge is 2.20. The Morgan fingerprint density at radius 2 is 1.84 bits per heavy atom. The Kier molecular flexibility index (Phi) is 8.53. The smallest absolute Gasteiger partial charge is 0.287 e. The summed E-state index contributed by atoms with van der Waals surface area (Å²) in [4.78, 5) is 18.9. The fourth-order valence-corrected chi connectivity index (χ4v) is 3.83. The zero-order valence-corrected chi connectivity index (χ0v) is 18.9. The van der Waals surface area contributed by atoms with Gasteiger partial charge in [-0.3, -0.25) is 14.7 Å². The van der Waals surface area contributed by atoms with Gasteiger partial charge in [-0.05, 0) is 50.3 Å². The summed E-state index contributed by atoms with van der Waals surface area (Å²) in [6, 6.07) is 10.9. The minimum absolute atomic E-state index is 0.164. The average molecular weight is 426 g/mol. The Labute approximate surface area is 185 Å². The first kappa shape index (κ1) is 22.9. The number of guanidine groups is 1. The van der Waals surface area contributed by atoms with E-state index in [0.29, 0.717) is 18.3 Å². The first-order valence-electron chi connectivity index (χ1n) is 11.1. The molecule has 7 heteroatoms. The predicted molar refractivity (Wildman–Crippen MR) is 124 cm³/mol. The van der Waals surface area contributed by atoms with Crippen LogP contribution in [0.5, 0.6) is 0 Å². The van der Waals surface area contributed by atoms with Crippen LogP contribution in [0, 0.1) is 13.8 Å². The molecule has 1 fully saturated rings. The van der Waals surface area contributed by atoms with Gasteiger partial charge in [0.1, 0.15) is 0 Å². The van der Waals surface area contributed by atoms with Crippen LogP contribution in [0.1, 0.15) is 46.5 Å². The third-order valence-corrected chi connectivity index (χ3v) is 5.81. The fourth-order valence-electron chi connectivity index (χ4n) is 3.83. The predicted octanol–water partition coefficient (Wildman–Crippen LogP) is 2.85. The van der Waals surface area contributed by atoms with Crippen LogP contribution in [-0.4, -0.2) is 56.0 Å². The number of rotatable bonds is 8. The number of carbonyl (C=O) groups excluding carboxylic acids is 1. The molecule has 1 saturated heterocycles. The van der Waals surface area contributed by atoms with Crippen molar-refractivity contribution in [2.24, 2.45) is 4.99 Å². The van der Waals surface area contributed by atoms with Crippen LogP contribution in [0.25, 0.3) is 0 Å². The zero-order chi connectivity index (χ0) is 22.1. The van der Waals surface area contributed by atoms with Crippen LogP contribution >= 0.6 is 0 Å². The van der Waals surface area contributed by atoms with E-state index in [1.165, 1.54) is 17.4 Å². The number of aliphatic imine (C=N–C) groups is 1. The topological polar surface area (TPSA) is 81.9 Å². The second-order valence-corrected chi connectivity index (χ2v) is 8.16. The minimum atomic E-state index is -0.164. The number of piperidine rings is 1. The number of likely N-dealkylation sites (tertiary alicyclic amines) is 1. The Bertz CT molecular complexity index is 868. The maximum absolute atomic E-state index is 12.0. The molecule has 2 heterocycles. The zero-order valence-electron chi connectivity index (χ0n) is 18.9. The molecule has 7 nitrogen and oxygen atoms in total. The summed E-state index contributed by atoms with van der Waals surface area (Å²) in [5.41, 5.74) is 3.63. The van der Waals surface area contributed by atoms with E-state index >= 15 is 0 Å². The molecule has 0 atom stereocenters. The first-order chi connectivity index (χ1) is 15.1. The quantitative estimate of drug-likeness (QED) is 0.344. The van der Waals surface area contributed by atoms with Gasteiger partial charge in [0.15, 0.2) is 11.7 Å². The monoisotopic (exact) mass is 425 g/mol. The third kappa shape index (κ3) is 6.85. The van der Waals surface area contributed by atoms with Gasteiger partial charge in [0.05, 0.1) is 6.26 Å². The molecule has 31 heavy (non-hydrogen) atoms. The maximum atomic E-state index is 12.0. The van der Waals surface area contributed by atoms with E-state index in [1.807, 2.05) is 6.92 Å². The maximum Gasteiger partial charge on any atom is 0.287 e. The lowest BCUT2D eigenvalue weighted by Gasteiger charge is -2.33. The molecule has 1 amide bonds. The second-order valence-electron chi connectivity index (χ2n) is 8.16. The number of benzene rings is 1.